The fourth-order valence-electron chi connectivity index (χ4n) is 2.69. The van der Waals surface area contributed by atoms with Gasteiger partial charge >= 0.3 is 17.9 Å². The third-order valence-corrected chi connectivity index (χ3v) is 4.39. The molecule has 9 nitrogen and oxygen atoms in total. The zero-order chi connectivity index (χ0) is 23.7. The molecule has 2 aromatic carbocycles. The Labute approximate surface area is 185 Å². The van der Waals surface area contributed by atoms with E-state index in [2.05, 4.69) is 14.8 Å². The summed E-state index contributed by atoms with van der Waals surface area (Å²) in [4.78, 5) is 47.8. The molecule has 0 heterocycles. The predicted molar refractivity (Wildman–Crippen MR) is 115 cm³/mol. The molecule has 0 aliphatic rings. The van der Waals surface area contributed by atoms with Gasteiger partial charge in [0.1, 0.15) is 5.75 Å². The average Bonchev–Trinajstić information content (AvgIpc) is 2.78. The average molecular weight is 443 g/mol. The quantitative estimate of drug-likeness (QED) is 0.464. The van der Waals surface area contributed by atoms with E-state index in [-0.39, 0.29) is 29.8 Å². The minimum absolute atomic E-state index is 0.0269. The van der Waals surface area contributed by atoms with Crippen LogP contribution in [-0.2, 0) is 23.8 Å². The molecule has 0 saturated carbocycles. The highest BCUT2D eigenvalue weighted by molar-refractivity contribution is 6.04. The van der Waals surface area contributed by atoms with Crippen molar-refractivity contribution in [3.05, 3.63) is 58.7 Å². The molecule has 0 aromatic heterocycles. The Balaban J connectivity index is 1.91. The Kier molecular flexibility index (Phi) is 8.76. The largest absolute Gasteiger partial charge is 0.493 e. The lowest BCUT2D eigenvalue weighted by atomic mass is 10.1. The van der Waals surface area contributed by atoms with Crippen molar-refractivity contribution in [3.63, 3.8) is 0 Å². The summed E-state index contributed by atoms with van der Waals surface area (Å²) >= 11 is 0. The van der Waals surface area contributed by atoms with Gasteiger partial charge in [0.2, 0.25) is 0 Å². The molecule has 0 unspecified atom stereocenters. The van der Waals surface area contributed by atoms with Crippen LogP contribution in [0.4, 0.5) is 5.69 Å². The lowest BCUT2D eigenvalue weighted by Gasteiger charge is -2.12. The van der Waals surface area contributed by atoms with E-state index in [1.807, 2.05) is 32.0 Å². The van der Waals surface area contributed by atoms with Crippen LogP contribution < -0.4 is 10.1 Å². The van der Waals surface area contributed by atoms with Gasteiger partial charge in [-0.25, -0.2) is 9.59 Å². The van der Waals surface area contributed by atoms with Crippen LogP contribution >= 0.6 is 0 Å². The predicted octanol–water partition coefficient (Wildman–Crippen LogP) is 2.83. The molecule has 2 rings (SSSR count). The summed E-state index contributed by atoms with van der Waals surface area (Å²) in [5.41, 5.74) is 2.16. The van der Waals surface area contributed by atoms with Crippen LogP contribution in [0.3, 0.4) is 0 Å². The number of amides is 1. The molecule has 1 N–H and O–H groups in total. The van der Waals surface area contributed by atoms with Crippen molar-refractivity contribution in [1.29, 1.82) is 0 Å². The van der Waals surface area contributed by atoms with Gasteiger partial charge in [0.25, 0.3) is 5.91 Å². The van der Waals surface area contributed by atoms with Crippen molar-refractivity contribution in [3.8, 4) is 5.75 Å². The Morgan fingerprint density at radius 1 is 0.906 bits per heavy atom. The highest BCUT2D eigenvalue weighted by Crippen LogP contribution is 2.20. The summed E-state index contributed by atoms with van der Waals surface area (Å²) in [6, 6.07) is 9.71. The Morgan fingerprint density at radius 3 is 2.31 bits per heavy atom. The first-order chi connectivity index (χ1) is 15.2. The number of esters is 3. The molecular formula is C23H25NO8. The number of anilines is 1. The van der Waals surface area contributed by atoms with Crippen molar-refractivity contribution in [2.75, 3.05) is 32.8 Å². The molecule has 2 aromatic rings. The number of hydrogen-bond donors (Lipinski definition) is 1. The second-order valence-corrected chi connectivity index (χ2v) is 6.82. The van der Waals surface area contributed by atoms with Gasteiger partial charge in [0.05, 0.1) is 44.1 Å². The minimum Gasteiger partial charge on any atom is -0.493 e. The summed E-state index contributed by atoms with van der Waals surface area (Å²) in [7, 11) is 2.39. The molecule has 0 aliphatic carbocycles. The maximum absolute atomic E-state index is 12.2. The highest BCUT2D eigenvalue weighted by atomic mass is 16.5. The zero-order valence-electron chi connectivity index (χ0n) is 18.4. The molecule has 0 aliphatic heterocycles. The van der Waals surface area contributed by atoms with Crippen molar-refractivity contribution < 1.29 is 38.1 Å². The number of benzene rings is 2. The standard InChI is InChI=1S/C23H25NO8/c1-14-5-6-15(2)19(11-14)31-10-9-21(26)32-13-20(25)24-18-12-16(22(27)29-3)7-8-17(18)23(28)30-4/h5-8,11-12H,9-10,13H2,1-4H3,(H,24,25). The Bertz CT molecular complexity index is 1020. The topological polar surface area (TPSA) is 117 Å². The van der Waals surface area contributed by atoms with Gasteiger partial charge in [-0.2, -0.15) is 0 Å². The molecular weight excluding hydrogens is 418 g/mol. The molecule has 0 radical (unpaired) electrons. The number of carbonyl (C=O) groups excluding carboxylic acids is 4. The van der Waals surface area contributed by atoms with E-state index in [0.717, 1.165) is 11.1 Å². The lowest BCUT2D eigenvalue weighted by molar-refractivity contribution is -0.147. The normalized spacial score (nSPS) is 10.1. The number of carbonyl (C=O) groups is 4. The fourth-order valence-corrected chi connectivity index (χ4v) is 2.69. The number of nitrogens with one attached hydrogen (secondary N) is 1. The summed E-state index contributed by atoms with van der Waals surface area (Å²) in [5.74, 6) is -2.00. The van der Waals surface area contributed by atoms with Crippen molar-refractivity contribution in [1.82, 2.24) is 0 Å². The van der Waals surface area contributed by atoms with Gasteiger partial charge in [-0.15, -0.1) is 0 Å². The Hall–Kier alpha value is -3.88. The molecule has 0 spiro atoms. The number of ether oxygens (including phenoxy) is 4. The maximum Gasteiger partial charge on any atom is 0.339 e. The molecule has 0 bridgehead atoms. The molecule has 1 amide bonds. The fraction of sp³-hybridized carbons (Fsp3) is 0.304. The van der Waals surface area contributed by atoms with Crippen molar-refractivity contribution >= 4 is 29.5 Å². The number of rotatable bonds is 9. The zero-order valence-corrected chi connectivity index (χ0v) is 18.4. The van der Waals surface area contributed by atoms with Gasteiger partial charge in [-0.1, -0.05) is 12.1 Å². The lowest BCUT2D eigenvalue weighted by Crippen LogP contribution is -2.23. The van der Waals surface area contributed by atoms with Crippen LogP contribution in [0.5, 0.6) is 5.75 Å². The second-order valence-electron chi connectivity index (χ2n) is 6.82. The van der Waals surface area contributed by atoms with Crippen molar-refractivity contribution in [2.24, 2.45) is 0 Å². The minimum atomic E-state index is -0.711. The summed E-state index contributed by atoms with van der Waals surface area (Å²) < 4.78 is 19.9. The van der Waals surface area contributed by atoms with Crippen LogP contribution in [0.15, 0.2) is 36.4 Å². The third kappa shape index (κ3) is 6.83. The first-order valence-corrected chi connectivity index (χ1v) is 9.71. The smallest absolute Gasteiger partial charge is 0.339 e. The summed E-state index contributed by atoms with van der Waals surface area (Å²) in [5, 5.41) is 2.44. The molecule has 170 valence electrons. The van der Waals surface area contributed by atoms with Crippen LogP contribution in [0.2, 0.25) is 0 Å². The number of methoxy groups -OCH3 is 2. The first-order valence-electron chi connectivity index (χ1n) is 9.71. The first kappa shape index (κ1) is 24.4. The van der Waals surface area contributed by atoms with E-state index in [1.54, 1.807) is 0 Å². The molecule has 0 atom stereocenters. The molecule has 9 heteroatoms. The van der Waals surface area contributed by atoms with E-state index in [0.29, 0.717) is 5.75 Å². The second kappa shape index (κ2) is 11.5. The van der Waals surface area contributed by atoms with Crippen LogP contribution in [0.25, 0.3) is 0 Å². The highest BCUT2D eigenvalue weighted by Gasteiger charge is 2.18. The monoisotopic (exact) mass is 443 g/mol. The Morgan fingerprint density at radius 2 is 1.62 bits per heavy atom. The number of aryl methyl sites for hydroxylation is 2. The van der Waals surface area contributed by atoms with Crippen LogP contribution in [0.1, 0.15) is 38.3 Å². The third-order valence-electron chi connectivity index (χ3n) is 4.39. The van der Waals surface area contributed by atoms with Gasteiger partial charge in [-0.3, -0.25) is 9.59 Å². The SMILES string of the molecule is COC(=O)c1ccc(C(=O)OC)c(NC(=O)COC(=O)CCOc2cc(C)ccc2C)c1. The van der Waals surface area contributed by atoms with E-state index < -0.39 is 30.4 Å². The molecule has 0 saturated heterocycles. The van der Waals surface area contributed by atoms with Crippen LogP contribution in [0, 0.1) is 13.8 Å². The number of hydrogen-bond acceptors (Lipinski definition) is 8. The molecule has 0 fully saturated rings. The van der Waals surface area contributed by atoms with Crippen molar-refractivity contribution in [2.45, 2.75) is 20.3 Å². The van der Waals surface area contributed by atoms with Gasteiger partial charge in [-0.05, 0) is 49.2 Å². The summed E-state index contributed by atoms with van der Waals surface area (Å²) in [6.45, 7) is 3.35. The van der Waals surface area contributed by atoms with Gasteiger partial charge < -0.3 is 24.3 Å². The van der Waals surface area contributed by atoms with Gasteiger partial charge in [0.15, 0.2) is 6.61 Å². The summed E-state index contributed by atoms with van der Waals surface area (Å²) in [6.07, 6.45) is -0.0497. The van der Waals surface area contributed by atoms with Crippen LogP contribution in [-0.4, -0.2) is 51.2 Å². The van der Waals surface area contributed by atoms with E-state index in [1.165, 1.54) is 32.4 Å². The van der Waals surface area contributed by atoms with E-state index >= 15 is 0 Å². The molecule has 32 heavy (non-hydrogen) atoms. The maximum atomic E-state index is 12.2. The van der Waals surface area contributed by atoms with E-state index in [4.69, 9.17) is 9.47 Å². The van der Waals surface area contributed by atoms with Gasteiger partial charge in [0, 0.05) is 0 Å². The van der Waals surface area contributed by atoms with E-state index in [9.17, 15) is 19.2 Å².